The van der Waals surface area contributed by atoms with Gasteiger partial charge in [-0.3, -0.25) is 0 Å². The SMILES string of the molecule is C[Si](C)(C)[Si](C)(c1cccc2c1Cc1ccccc1-2)C1C=CC=C1. The molecule has 0 aliphatic heterocycles. The largest absolute Gasteiger partial charge is 0.0874 e. The first-order valence-electron chi connectivity index (χ1n) is 8.98. The summed E-state index contributed by atoms with van der Waals surface area (Å²) in [5.41, 5.74) is 6.73. The van der Waals surface area contributed by atoms with E-state index in [2.05, 4.69) is 93.0 Å². The van der Waals surface area contributed by atoms with Crippen LogP contribution in [-0.2, 0) is 6.42 Å². The van der Waals surface area contributed by atoms with Gasteiger partial charge in [0.1, 0.15) is 0 Å². The lowest BCUT2D eigenvalue weighted by molar-refractivity contribution is 1.26. The Morgan fingerprint density at radius 1 is 0.792 bits per heavy atom. The molecule has 2 aromatic carbocycles. The second-order valence-corrected chi connectivity index (χ2v) is 24.1. The van der Waals surface area contributed by atoms with E-state index in [1.807, 2.05) is 0 Å². The monoisotopic (exact) mass is 346 g/mol. The zero-order valence-corrected chi connectivity index (χ0v) is 17.1. The van der Waals surface area contributed by atoms with E-state index in [0.717, 1.165) is 6.42 Å². The number of benzene rings is 2. The minimum absolute atomic E-state index is 0.652. The molecule has 0 N–H and O–H groups in total. The van der Waals surface area contributed by atoms with E-state index in [-0.39, 0.29) is 0 Å². The highest BCUT2D eigenvalue weighted by Gasteiger charge is 2.49. The molecule has 2 aromatic rings. The number of fused-ring (bicyclic) bond motifs is 3. The van der Waals surface area contributed by atoms with Crippen LogP contribution in [0.1, 0.15) is 11.1 Å². The van der Waals surface area contributed by atoms with Crippen molar-refractivity contribution in [2.45, 2.75) is 38.2 Å². The molecule has 122 valence electrons. The Bertz CT molecular complexity index is 843. The molecule has 2 aliphatic carbocycles. The topological polar surface area (TPSA) is 0 Å². The van der Waals surface area contributed by atoms with Crippen LogP contribution in [0.2, 0.25) is 31.7 Å². The summed E-state index contributed by atoms with van der Waals surface area (Å²) in [6.45, 7) is 10.4. The van der Waals surface area contributed by atoms with E-state index in [4.69, 9.17) is 0 Å². The maximum atomic E-state index is 2.66. The van der Waals surface area contributed by atoms with Crippen LogP contribution >= 0.6 is 0 Å². The average Bonchev–Trinajstić information content (AvgIpc) is 3.20. The summed E-state index contributed by atoms with van der Waals surface area (Å²) in [5.74, 6) is 0. The smallest absolute Gasteiger partial charge is 0.0802 e. The molecule has 1 atom stereocenters. The molecule has 0 aromatic heterocycles. The highest BCUT2D eigenvalue weighted by molar-refractivity contribution is 7.46. The van der Waals surface area contributed by atoms with Crippen LogP contribution in [0, 0.1) is 0 Å². The fraction of sp³-hybridized carbons (Fsp3) is 0.273. The second-order valence-electron chi connectivity index (χ2n) is 8.41. The van der Waals surface area contributed by atoms with Gasteiger partial charge in [0.25, 0.3) is 0 Å². The van der Waals surface area contributed by atoms with E-state index in [9.17, 15) is 0 Å². The van der Waals surface area contributed by atoms with Crippen LogP contribution in [0.5, 0.6) is 0 Å². The molecule has 0 amide bonds. The van der Waals surface area contributed by atoms with Gasteiger partial charge in [0.2, 0.25) is 0 Å². The summed E-state index contributed by atoms with van der Waals surface area (Å²) >= 11 is 0. The predicted molar refractivity (Wildman–Crippen MR) is 111 cm³/mol. The first-order valence-corrected chi connectivity index (χ1v) is 16.1. The fourth-order valence-corrected chi connectivity index (χ4v) is 15.7. The van der Waals surface area contributed by atoms with Crippen molar-refractivity contribution in [3.63, 3.8) is 0 Å². The highest BCUT2D eigenvalue weighted by atomic mass is 29.3. The molecule has 0 radical (unpaired) electrons. The normalized spacial score (nSPS) is 18.5. The van der Waals surface area contributed by atoms with Gasteiger partial charge in [0.05, 0.1) is 7.59 Å². The third-order valence-corrected chi connectivity index (χ3v) is 24.0. The maximum absolute atomic E-state index is 2.66. The lowest BCUT2D eigenvalue weighted by Crippen LogP contribution is -2.66. The number of allylic oxidation sites excluding steroid dienone is 4. The van der Waals surface area contributed by atoms with Gasteiger partial charge in [-0.05, 0) is 34.2 Å². The molecule has 0 bridgehead atoms. The minimum atomic E-state index is -1.62. The van der Waals surface area contributed by atoms with E-state index >= 15 is 0 Å². The molecule has 24 heavy (non-hydrogen) atoms. The Morgan fingerprint density at radius 2 is 1.46 bits per heavy atom. The number of hydrogen-bond donors (Lipinski definition) is 0. The predicted octanol–water partition coefficient (Wildman–Crippen LogP) is 5.46. The first-order chi connectivity index (χ1) is 11.4. The standard InChI is InChI=1S/C22H26Si2/c1-23(2,3)24(4,18-11-6-7-12-18)22-15-9-14-20-19-13-8-5-10-17(19)16-21(20)22/h5-15,18H,16H2,1-4H3. The summed E-state index contributed by atoms with van der Waals surface area (Å²) in [6.07, 6.45) is 10.6. The lowest BCUT2D eigenvalue weighted by Gasteiger charge is -2.44. The van der Waals surface area contributed by atoms with Crippen LogP contribution in [-0.4, -0.2) is 15.2 Å². The second kappa shape index (κ2) is 5.43. The van der Waals surface area contributed by atoms with Gasteiger partial charge in [0, 0.05) is 7.59 Å². The van der Waals surface area contributed by atoms with Crippen molar-refractivity contribution in [2.24, 2.45) is 0 Å². The van der Waals surface area contributed by atoms with Gasteiger partial charge >= 0.3 is 0 Å². The van der Waals surface area contributed by atoms with Gasteiger partial charge in [-0.1, -0.05) is 98.1 Å². The molecule has 0 heterocycles. The molecule has 4 rings (SSSR count). The van der Waals surface area contributed by atoms with Gasteiger partial charge < -0.3 is 0 Å². The lowest BCUT2D eigenvalue weighted by atomic mass is 10.1. The summed E-state index contributed by atoms with van der Waals surface area (Å²) in [7, 11) is -2.95. The average molecular weight is 347 g/mol. The third-order valence-electron chi connectivity index (χ3n) is 6.38. The zero-order chi connectivity index (χ0) is 16.9. The molecule has 0 nitrogen and oxygen atoms in total. The van der Waals surface area contributed by atoms with E-state index in [1.165, 1.54) is 16.7 Å². The Hall–Kier alpha value is -1.65. The summed E-state index contributed by atoms with van der Waals surface area (Å²) in [4.78, 5) is 0. The van der Waals surface area contributed by atoms with Crippen LogP contribution in [0.15, 0.2) is 66.8 Å². The Labute approximate surface area is 147 Å². The summed E-state index contributed by atoms with van der Waals surface area (Å²) in [5, 5.41) is 1.72. The molecule has 2 aliphatic rings. The van der Waals surface area contributed by atoms with Crippen molar-refractivity contribution < 1.29 is 0 Å². The molecule has 2 heteroatoms. The molecular weight excluding hydrogens is 320 g/mol. The van der Waals surface area contributed by atoms with E-state index < -0.39 is 15.2 Å². The van der Waals surface area contributed by atoms with Crippen molar-refractivity contribution in [1.29, 1.82) is 0 Å². The maximum Gasteiger partial charge on any atom is 0.0874 e. The quantitative estimate of drug-likeness (QED) is 0.553. The molecular formula is C22H26Si2. The van der Waals surface area contributed by atoms with Crippen molar-refractivity contribution in [1.82, 2.24) is 0 Å². The molecule has 0 saturated heterocycles. The zero-order valence-electron chi connectivity index (χ0n) is 15.1. The van der Waals surface area contributed by atoms with Crippen LogP contribution in [0.4, 0.5) is 0 Å². The first kappa shape index (κ1) is 15.9. The van der Waals surface area contributed by atoms with Crippen molar-refractivity contribution in [3.05, 3.63) is 77.9 Å². The fourth-order valence-electron chi connectivity index (χ4n) is 4.54. The van der Waals surface area contributed by atoms with Gasteiger partial charge in [-0.15, -0.1) is 0 Å². The minimum Gasteiger partial charge on any atom is -0.0802 e. The molecule has 1 unspecified atom stereocenters. The highest BCUT2D eigenvalue weighted by Crippen LogP contribution is 2.41. The van der Waals surface area contributed by atoms with Gasteiger partial charge in [-0.2, -0.15) is 0 Å². The summed E-state index contributed by atoms with van der Waals surface area (Å²) in [6, 6.07) is 16.1. The molecule has 0 fully saturated rings. The third kappa shape index (κ3) is 2.16. The van der Waals surface area contributed by atoms with Gasteiger partial charge in [-0.25, -0.2) is 0 Å². The van der Waals surface area contributed by atoms with Crippen molar-refractivity contribution in [3.8, 4) is 11.1 Å². The Kier molecular flexibility index (Phi) is 3.59. The van der Waals surface area contributed by atoms with Crippen molar-refractivity contribution >= 4 is 20.4 Å². The van der Waals surface area contributed by atoms with Crippen LogP contribution in [0.25, 0.3) is 11.1 Å². The Morgan fingerprint density at radius 3 is 2.17 bits per heavy atom. The van der Waals surface area contributed by atoms with Gasteiger partial charge in [0.15, 0.2) is 0 Å². The summed E-state index contributed by atoms with van der Waals surface area (Å²) < 4.78 is 0. The van der Waals surface area contributed by atoms with E-state index in [1.54, 1.807) is 10.8 Å². The van der Waals surface area contributed by atoms with E-state index in [0.29, 0.717) is 5.54 Å². The van der Waals surface area contributed by atoms with Crippen LogP contribution < -0.4 is 5.19 Å². The molecule has 0 spiro atoms. The molecule has 0 saturated carbocycles. The number of hydrogen-bond acceptors (Lipinski definition) is 0. The Balaban J connectivity index is 1.94. The van der Waals surface area contributed by atoms with Crippen LogP contribution in [0.3, 0.4) is 0 Å². The van der Waals surface area contributed by atoms with Crippen molar-refractivity contribution in [2.75, 3.05) is 0 Å². The number of rotatable bonds is 3.